The largest absolute Gasteiger partial charge is 0.466 e. The minimum absolute atomic E-state index is 0.0558. The molecule has 0 N–H and O–H groups in total. The smallest absolute Gasteiger partial charge is 0.310 e. The first-order valence-electron chi connectivity index (χ1n) is 11.0. The third-order valence-corrected chi connectivity index (χ3v) is 8.51. The van der Waals surface area contributed by atoms with Gasteiger partial charge in [0.1, 0.15) is 4.21 Å². The molecule has 0 radical (unpaired) electrons. The van der Waals surface area contributed by atoms with Gasteiger partial charge in [-0.3, -0.25) is 9.59 Å². The summed E-state index contributed by atoms with van der Waals surface area (Å²) in [5.41, 5.74) is 2.23. The van der Waals surface area contributed by atoms with E-state index in [2.05, 4.69) is 28.1 Å². The van der Waals surface area contributed by atoms with Crippen molar-refractivity contribution in [2.45, 2.75) is 42.1 Å². The molecule has 1 atom stereocenters. The van der Waals surface area contributed by atoms with Crippen LogP contribution in [0.1, 0.15) is 47.0 Å². The molecule has 170 valence electrons. The number of benzene rings is 1. The standard InChI is InChI=1S/C26H25BrNO3S2/c1-2-31-22(29)17-21-23(28-15-7-4-8-16-28)26(32-20-9-5-3-6-10-20)33-25(21)24(30)18-11-13-19(27)14-12-18/h4-5,7-9,11-16,20H,2-3,6,10,17H2,1H3/q+1. The lowest BCUT2D eigenvalue weighted by molar-refractivity contribution is -0.598. The van der Waals surface area contributed by atoms with Gasteiger partial charge in [-0.15, -0.1) is 23.1 Å². The lowest BCUT2D eigenvalue weighted by Gasteiger charge is -2.14. The molecule has 0 amide bonds. The number of carbonyl (C=O) groups is 2. The highest BCUT2D eigenvalue weighted by atomic mass is 79.9. The average molecular weight is 544 g/mol. The van der Waals surface area contributed by atoms with E-state index in [4.69, 9.17) is 4.74 Å². The number of thioether (sulfide) groups is 1. The Morgan fingerprint density at radius 3 is 2.61 bits per heavy atom. The van der Waals surface area contributed by atoms with Crippen LogP contribution >= 0.6 is 39.0 Å². The van der Waals surface area contributed by atoms with Crippen molar-refractivity contribution in [3.8, 4) is 5.69 Å². The topological polar surface area (TPSA) is 47.3 Å². The highest BCUT2D eigenvalue weighted by Gasteiger charge is 2.32. The summed E-state index contributed by atoms with van der Waals surface area (Å²) in [6.07, 6.45) is 11.8. The quantitative estimate of drug-likeness (QED) is 0.144. The van der Waals surface area contributed by atoms with E-state index in [0.717, 1.165) is 39.2 Å². The molecule has 0 fully saturated rings. The summed E-state index contributed by atoms with van der Waals surface area (Å²) in [7, 11) is 0. The number of thiophene rings is 1. The maximum atomic E-state index is 13.6. The molecule has 4 nitrogen and oxygen atoms in total. The first-order chi connectivity index (χ1) is 16.1. The van der Waals surface area contributed by atoms with Crippen LogP contribution in [0.25, 0.3) is 5.69 Å². The Morgan fingerprint density at radius 1 is 1.18 bits per heavy atom. The predicted octanol–water partition coefficient (Wildman–Crippen LogP) is 6.32. The molecule has 33 heavy (non-hydrogen) atoms. The van der Waals surface area contributed by atoms with E-state index < -0.39 is 0 Å². The monoisotopic (exact) mass is 542 g/mol. The Hall–Kier alpha value is -2.22. The molecule has 2 heterocycles. The van der Waals surface area contributed by atoms with Gasteiger partial charge in [0.15, 0.2) is 12.4 Å². The highest BCUT2D eigenvalue weighted by Crippen LogP contribution is 2.42. The van der Waals surface area contributed by atoms with Crippen LogP contribution < -0.4 is 4.57 Å². The third kappa shape index (κ3) is 5.83. The second kappa shape index (κ2) is 11.3. The van der Waals surface area contributed by atoms with Crippen LogP contribution in [0.2, 0.25) is 0 Å². The van der Waals surface area contributed by atoms with Crippen molar-refractivity contribution in [1.82, 2.24) is 0 Å². The van der Waals surface area contributed by atoms with Crippen molar-refractivity contribution >= 4 is 50.8 Å². The van der Waals surface area contributed by atoms with Gasteiger partial charge in [-0.05, 0) is 50.5 Å². The molecule has 0 spiro atoms. The Bertz CT molecular complexity index is 1160. The van der Waals surface area contributed by atoms with E-state index in [1.165, 1.54) is 11.3 Å². The minimum Gasteiger partial charge on any atom is -0.466 e. The number of ether oxygens (including phenoxy) is 1. The van der Waals surface area contributed by atoms with Gasteiger partial charge in [0.2, 0.25) is 11.5 Å². The molecule has 0 saturated carbocycles. The van der Waals surface area contributed by atoms with Crippen LogP contribution in [0.5, 0.6) is 0 Å². The number of nitrogens with zero attached hydrogens (tertiary/aromatic N) is 1. The average Bonchev–Trinajstić information content (AvgIpc) is 3.17. The number of halogens is 1. The van der Waals surface area contributed by atoms with Gasteiger partial charge in [-0.2, -0.15) is 4.57 Å². The Labute approximate surface area is 210 Å². The molecule has 0 aliphatic heterocycles. The maximum Gasteiger partial charge on any atom is 0.310 e. The Balaban J connectivity index is 1.85. The van der Waals surface area contributed by atoms with E-state index >= 15 is 0 Å². The van der Waals surface area contributed by atoms with Crippen LogP contribution in [0.15, 0.2) is 75.7 Å². The zero-order valence-electron chi connectivity index (χ0n) is 18.3. The van der Waals surface area contributed by atoms with Crippen LogP contribution in [0, 0.1) is 0 Å². The first kappa shape index (κ1) is 23.9. The van der Waals surface area contributed by atoms with E-state index in [1.54, 1.807) is 18.7 Å². The van der Waals surface area contributed by atoms with Gasteiger partial charge in [-0.1, -0.05) is 34.1 Å². The fourth-order valence-electron chi connectivity index (χ4n) is 3.78. The molecule has 2 aromatic heterocycles. The maximum absolute atomic E-state index is 13.6. The normalized spacial score (nSPS) is 15.4. The highest BCUT2D eigenvalue weighted by molar-refractivity contribution is 9.10. The number of allylic oxidation sites excluding steroid dienone is 1. The van der Waals surface area contributed by atoms with Gasteiger partial charge in [0.05, 0.1) is 23.5 Å². The number of ketones is 1. The summed E-state index contributed by atoms with van der Waals surface area (Å²) in [5, 5.41) is 0.353. The predicted molar refractivity (Wildman–Crippen MR) is 136 cm³/mol. The van der Waals surface area contributed by atoms with Gasteiger partial charge < -0.3 is 4.74 Å². The van der Waals surface area contributed by atoms with Gasteiger partial charge in [-0.25, -0.2) is 0 Å². The van der Waals surface area contributed by atoms with Gasteiger partial charge in [0, 0.05) is 27.4 Å². The number of carbonyl (C=O) groups excluding carboxylic acids is 2. The number of hydrogen-bond acceptors (Lipinski definition) is 5. The fraction of sp³-hybridized carbons (Fsp3) is 0.269. The molecule has 0 saturated heterocycles. The van der Waals surface area contributed by atoms with Crippen molar-refractivity contribution in [1.29, 1.82) is 0 Å². The van der Waals surface area contributed by atoms with E-state index in [-0.39, 0.29) is 18.2 Å². The molecule has 0 bridgehead atoms. The van der Waals surface area contributed by atoms with Crippen molar-refractivity contribution in [2.75, 3.05) is 6.61 Å². The van der Waals surface area contributed by atoms with Gasteiger partial charge >= 0.3 is 5.97 Å². The minimum atomic E-state index is -0.327. The zero-order valence-corrected chi connectivity index (χ0v) is 21.5. The van der Waals surface area contributed by atoms with E-state index in [1.807, 2.05) is 59.4 Å². The van der Waals surface area contributed by atoms with Crippen molar-refractivity contribution in [2.24, 2.45) is 0 Å². The molecular weight excluding hydrogens is 518 g/mol. The summed E-state index contributed by atoms with van der Waals surface area (Å²) in [5.74, 6) is -0.400. The lowest BCUT2D eigenvalue weighted by Crippen LogP contribution is -2.31. The zero-order chi connectivity index (χ0) is 23.2. The van der Waals surface area contributed by atoms with E-state index in [0.29, 0.717) is 22.3 Å². The van der Waals surface area contributed by atoms with Crippen molar-refractivity contribution < 1.29 is 18.9 Å². The molecule has 1 aliphatic carbocycles. The number of rotatable bonds is 8. The van der Waals surface area contributed by atoms with Crippen LogP contribution in [-0.2, 0) is 16.0 Å². The summed E-state index contributed by atoms with van der Waals surface area (Å²) in [6, 6.07) is 13.2. The van der Waals surface area contributed by atoms with Crippen molar-refractivity contribution in [3.63, 3.8) is 0 Å². The summed E-state index contributed by atoms with van der Waals surface area (Å²) in [6.45, 7) is 2.10. The molecule has 1 aromatic carbocycles. The first-order valence-corrected chi connectivity index (χ1v) is 13.5. The van der Waals surface area contributed by atoms with Crippen molar-refractivity contribution in [3.05, 3.63) is 87.5 Å². The number of esters is 1. The van der Waals surface area contributed by atoms with Crippen LogP contribution in [-0.4, -0.2) is 23.6 Å². The molecule has 7 heteroatoms. The number of pyridine rings is 1. The Morgan fingerprint density at radius 2 is 1.94 bits per heavy atom. The molecule has 1 unspecified atom stereocenters. The molecule has 4 rings (SSSR count). The second-order valence-corrected chi connectivity index (χ2v) is 11.1. The van der Waals surface area contributed by atoms with Crippen LogP contribution in [0.4, 0.5) is 0 Å². The SMILES string of the molecule is CCOC(=O)Cc1c(C(=O)c2ccc(Br)cc2)sc(SC2C=CCCC2)c1-[n+]1ccccc1. The lowest BCUT2D eigenvalue weighted by atomic mass is 10.0. The van der Waals surface area contributed by atoms with E-state index in [9.17, 15) is 9.59 Å². The summed E-state index contributed by atoms with van der Waals surface area (Å²) in [4.78, 5) is 26.8. The van der Waals surface area contributed by atoms with Crippen LogP contribution in [0.3, 0.4) is 0 Å². The second-order valence-electron chi connectivity index (χ2n) is 7.66. The summed E-state index contributed by atoms with van der Waals surface area (Å²) >= 11 is 6.69. The number of hydrogen-bond donors (Lipinski definition) is 0. The molecule has 1 aliphatic rings. The van der Waals surface area contributed by atoms with Gasteiger partial charge in [0.25, 0.3) is 0 Å². The summed E-state index contributed by atoms with van der Waals surface area (Å²) < 4.78 is 9.24. The Kier molecular flexibility index (Phi) is 8.17. The third-order valence-electron chi connectivity index (χ3n) is 5.33. The molecule has 3 aromatic rings. The fourth-order valence-corrected chi connectivity index (χ4v) is 6.96. The molecular formula is C26H25BrNO3S2+. The number of aromatic nitrogens is 1.